The fraction of sp³-hybridized carbons (Fsp3) is 0.400. The van der Waals surface area contributed by atoms with Crippen LogP contribution >= 0.6 is 0 Å². The number of aryl methyl sites for hydroxylation is 1. The van der Waals surface area contributed by atoms with Crippen LogP contribution in [0, 0.1) is 0 Å². The molecule has 0 saturated heterocycles. The third-order valence-corrected chi connectivity index (χ3v) is 2.34. The predicted molar refractivity (Wildman–Crippen MR) is 58.2 cm³/mol. The first-order valence-electron chi connectivity index (χ1n) is 5.03. The van der Waals surface area contributed by atoms with Gasteiger partial charge in [0.1, 0.15) is 11.8 Å². The van der Waals surface area contributed by atoms with Crippen molar-refractivity contribution in [1.82, 2.24) is 19.9 Å². The molecule has 0 spiro atoms. The molecule has 0 radical (unpaired) electrons. The summed E-state index contributed by atoms with van der Waals surface area (Å²) >= 11 is 0. The number of ether oxygens (including phenoxy) is 1. The summed E-state index contributed by atoms with van der Waals surface area (Å²) in [7, 11) is 3.12. The second kappa shape index (κ2) is 4.46. The number of methoxy groups -OCH3 is 1. The zero-order chi connectivity index (χ0) is 12.4. The number of hydrogen-bond donors (Lipinski definition) is 0. The first kappa shape index (κ1) is 11.5. The smallest absolute Gasteiger partial charge is 0.278 e. The molecule has 2 aromatic heterocycles. The van der Waals surface area contributed by atoms with Gasteiger partial charge in [-0.05, 0) is 13.0 Å². The highest BCUT2D eigenvalue weighted by Gasteiger charge is 2.15. The summed E-state index contributed by atoms with van der Waals surface area (Å²) < 4.78 is 11.3. The van der Waals surface area contributed by atoms with Gasteiger partial charge in [0.2, 0.25) is 5.82 Å². The molecule has 2 rings (SSSR count). The van der Waals surface area contributed by atoms with Crippen molar-refractivity contribution in [2.45, 2.75) is 13.0 Å². The molecule has 2 aromatic rings. The Labute approximate surface area is 97.0 Å². The average molecular weight is 236 g/mol. The lowest BCUT2D eigenvalue weighted by molar-refractivity contribution is 0.109. The minimum Gasteiger partial charge on any atom is -0.374 e. The van der Waals surface area contributed by atoms with Gasteiger partial charge >= 0.3 is 0 Å². The maximum Gasteiger partial charge on any atom is 0.278 e. The van der Waals surface area contributed by atoms with Gasteiger partial charge in [0.25, 0.3) is 11.4 Å². The summed E-state index contributed by atoms with van der Waals surface area (Å²) in [5.41, 5.74) is 0.257. The average Bonchev–Trinajstić information content (AvgIpc) is 2.81. The van der Waals surface area contributed by atoms with Crippen molar-refractivity contribution < 1.29 is 9.26 Å². The maximum absolute atomic E-state index is 11.2. The van der Waals surface area contributed by atoms with Gasteiger partial charge in [0.15, 0.2) is 0 Å². The Hall–Kier alpha value is -2.02. The van der Waals surface area contributed by atoms with E-state index >= 15 is 0 Å². The Morgan fingerprint density at radius 1 is 1.47 bits per heavy atom. The van der Waals surface area contributed by atoms with Gasteiger partial charge in [-0.15, -0.1) is 0 Å². The minimum absolute atomic E-state index is 0.196. The van der Waals surface area contributed by atoms with E-state index in [1.54, 1.807) is 14.2 Å². The highest BCUT2D eigenvalue weighted by Crippen LogP contribution is 2.17. The number of rotatable bonds is 3. The van der Waals surface area contributed by atoms with E-state index in [0.29, 0.717) is 11.5 Å². The largest absolute Gasteiger partial charge is 0.374 e. The topological polar surface area (TPSA) is 83.0 Å². The van der Waals surface area contributed by atoms with Crippen molar-refractivity contribution in [2.75, 3.05) is 7.11 Å². The lowest BCUT2D eigenvalue weighted by atomic mass is 10.3. The van der Waals surface area contributed by atoms with Crippen LogP contribution in [0.4, 0.5) is 0 Å². The molecule has 0 saturated carbocycles. The van der Waals surface area contributed by atoms with Crippen molar-refractivity contribution in [3.63, 3.8) is 0 Å². The molecule has 0 aliphatic rings. The number of hydrogen-bond acceptors (Lipinski definition) is 6. The molecule has 17 heavy (non-hydrogen) atoms. The van der Waals surface area contributed by atoms with Crippen LogP contribution in [0.15, 0.2) is 21.5 Å². The van der Waals surface area contributed by atoms with Gasteiger partial charge in [-0.2, -0.15) is 10.1 Å². The molecule has 90 valence electrons. The second-order valence-electron chi connectivity index (χ2n) is 3.52. The molecule has 7 heteroatoms. The van der Waals surface area contributed by atoms with Crippen LogP contribution in [-0.4, -0.2) is 27.0 Å². The van der Waals surface area contributed by atoms with Crippen molar-refractivity contribution in [3.8, 4) is 11.6 Å². The SMILES string of the molecule is CO[C@H](C)c1noc(-c2ccc(=O)n(C)n2)n1. The van der Waals surface area contributed by atoms with E-state index in [9.17, 15) is 4.79 Å². The molecule has 0 fully saturated rings. The lowest BCUT2D eigenvalue weighted by Crippen LogP contribution is -2.18. The van der Waals surface area contributed by atoms with E-state index in [2.05, 4.69) is 15.2 Å². The monoisotopic (exact) mass is 236 g/mol. The molecule has 0 amide bonds. The Kier molecular flexibility index (Phi) is 3.01. The molecule has 0 N–H and O–H groups in total. The Bertz CT molecular complexity index is 575. The zero-order valence-corrected chi connectivity index (χ0v) is 9.75. The number of nitrogens with zero attached hydrogens (tertiary/aromatic N) is 4. The van der Waals surface area contributed by atoms with E-state index in [-0.39, 0.29) is 17.6 Å². The number of aromatic nitrogens is 4. The van der Waals surface area contributed by atoms with Crippen molar-refractivity contribution in [1.29, 1.82) is 0 Å². The first-order chi connectivity index (χ1) is 8.11. The van der Waals surface area contributed by atoms with Gasteiger partial charge in [0.05, 0.1) is 0 Å². The molecule has 0 unspecified atom stereocenters. The fourth-order valence-corrected chi connectivity index (χ4v) is 1.23. The molecular weight excluding hydrogens is 224 g/mol. The summed E-state index contributed by atoms with van der Waals surface area (Å²) in [4.78, 5) is 15.3. The Morgan fingerprint density at radius 3 is 2.88 bits per heavy atom. The Morgan fingerprint density at radius 2 is 2.24 bits per heavy atom. The Balaban J connectivity index is 2.37. The predicted octanol–water partition coefficient (Wildman–Crippen LogP) is 0.538. The first-order valence-corrected chi connectivity index (χ1v) is 5.03. The highest BCUT2D eigenvalue weighted by atomic mass is 16.5. The second-order valence-corrected chi connectivity index (χ2v) is 3.52. The molecule has 7 nitrogen and oxygen atoms in total. The molecule has 0 bridgehead atoms. The van der Waals surface area contributed by atoms with E-state index in [0.717, 1.165) is 0 Å². The van der Waals surface area contributed by atoms with Crippen LogP contribution < -0.4 is 5.56 Å². The summed E-state index contributed by atoms with van der Waals surface area (Å²) in [5, 5.41) is 7.79. The molecule has 0 aromatic carbocycles. The molecule has 2 heterocycles. The van der Waals surface area contributed by atoms with Crippen molar-refractivity contribution in [2.24, 2.45) is 7.05 Å². The van der Waals surface area contributed by atoms with Crippen LogP contribution in [0.1, 0.15) is 18.9 Å². The molecular formula is C10H12N4O3. The van der Waals surface area contributed by atoms with Crippen LogP contribution in [-0.2, 0) is 11.8 Å². The van der Waals surface area contributed by atoms with E-state index in [4.69, 9.17) is 9.26 Å². The van der Waals surface area contributed by atoms with Gasteiger partial charge in [-0.25, -0.2) is 4.68 Å². The van der Waals surface area contributed by atoms with Crippen LogP contribution in [0.2, 0.25) is 0 Å². The van der Waals surface area contributed by atoms with Gasteiger partial charge < -0.3 is 9.26 Å². The summed E-state index contributed by atoms with van der Waals surface area (Å²) in [6.45, 7) is 1.81. The third-order valence-electron chi connectivity index (χ3n) is 2.34. The molecule has 1 atom stereocenters. The van der Waals surface area contributed by atoms with E-state index < -0.39 is 0 Å². The standard InChI is InChI=1S/C10H12N4O3/c1-6(16-3)9-11-10(17-13-9)7-4-5-8(15)14(2)12-7/h4-6H,1-3H3/t6-/m1/s1. The van der Waals surface area contributed by atoms with Crippen LogP contribution in [0.5, 0.6) is 0 Å². The normalized spacial score (nSPS) is 12.6. The summed E-state index contributed by atoms with van der Waals surface area (Å²) in [5.74, 6) is 0.706. The quantitative estimate of drug-likeness (QED) is 0.773. The van der Waals surface area contributed by atoms with Gasteiger partial charge in [-0.3, -0.25) is 4.79 Å². The van der Waals surface area contributed by atoms with Crippen LogP contribution in [0.3, 0.4) is 0 Å². The molecule has 0 aliphatic heterocycles. The minimum atomic E-state index is -0.250. The van der Waals surface area contributed by atoms with E-state index in [1.807, 2.05) is 6.92 Å². The van der Waals surface area contributed by atoms with Crippen LogP contribution in [0.25, 0.3) is 11.6 Å². The zero-order valence-electron chi connectivity index (χ0n) is 9.75. The fourth-order valence-electron chi connectivity index (χ4n) is 1.23. The van der Waals surface area contributed by atoms with E-state index in [1.165, 1.54) is 16.8 Å². The van der Waals surface area contributed by atoms with Crippen molar-refractivity contribution >= 4 is 0 Å². The lowest BCUT2D eigenvalue weighted by Gasteiger charge is -2.01. The molecule has 0 aliphatic carbocycles. The third kappa shape index (κ3) is 2.23. The summed E-state index contributed by atoms with van der Waals surface area (Å²) in [6, 6.07) is 2.93. The summed E-state index contributed by atoms with van der Waals surface area (Å²) in [6.07, 6.45) is -0.250. The van der Waals surface area contributed by atoms with Crippen molar-refractivity contribution in [3.05, 3.63) is 28.3 Å². The highest BCUT2D eigenvalue weighted by molar-refractivity contribution is 5.44. The maximum atomic E-state index is 11.2. The van der Waals surface area contributed by atoms with Gasteiger partial charge in [-0.1, -0.05) is 5.16 Å². The van der Waals surface area contributed by atoms with Gasteiger partial charge in [0, 0.05) is 20.2 Å².